The maximum Gasteiger partial charge on any atom is 0.416 e. The zero-order valence-electron chi connectivity index (χ0n) is 7.74. The molecule has 0 N–H and O–H groups in total. The average molecular weight is 427 g/mol. The SMILES string of the molecule is FC(F)(F)c1cc(Br)c(OCCBr)c(Br)c1. The van der Waals surface area contributed by atoms with E-state index in [0.717, 1.165) is 12.1 Å². The molecular weight excluding hydrogens is 421 g/mol. The van der Waals surface area contributed by atoms with Crippen LogP contribution in [0.25, 0.3) is 0 Å². The van der Waals surface area contributed by atoms with Crippen molar-refractivity contribution in [2.24, 2.45) is 0 Å². The van der Waals surface area contributed by atoms with E-state index in [1.807, 2.05) is 0 Å². The van der Waals surface area contributed by atoms with Crippen molar-refractivity contribution in [2.75, 3.05) is 11.9 Å². The smallest absolute Gasteiger partial charge is 0.416 e. The van der Waals surface area contributed by atoms with Crippen LogP contribution >= 0.6 is 47.8 Å². The molecule has 0 aliphatic heterocycles. The molecular formula is C9H6Br3F3O. The summed E-state index contributed by atoms with van der Waals surface area (Å²) in [6.07, 6.45) is -4.36. The van der Waals surface area contributed by atoms with Crippen LogP contribution in [-0.4, -0.2) is 11.9 Å². The first-order valence-electron chi connectivity index (χ1n) is 4.11. The highest BCUT2D eigenvalue weighted by molar-refractivity contribution is 9.11. The minimum Gasteiger partial charge on any atom is -0.490 e. The van der Waals surface area contributed by atoms with E-state index < -0.39 is 11.7 Å². The van der Waals surface area contributed by atoms with Crippen LogP contribution in [0.1, 0.15) is 5.56 Å². The van der Waals surface area contributed by atoms with E-state index in [0.29, 0.717) is 17.7 Å². The molecule has 1 nitrogen and oxygen atoms in total. The highest BCUT2D eigenvalue weighted by Gasteiger charge is 2.32. The minimum absolute atomic E-state index is 0.273. The molecule has 0 saturated heterocycles. The third-order valence-electron chi connectivity index (χ3n) is 1.65. The van der Waals surface area contributed by atoms with Crippen LogP contribution in [0.5, 0.6) is 5.75 Å². The number of ether oxygens (including phenoxy) is 1. The first kappa shape index (κ1) is 14.3. The Morgan fingerprint density at radius 2 is 1.62 bits per heavy atom. The number of alkyl halides is 4. The monoisotopic (exact) mass is 424 g/mol. The van der Waals surface area contributed by atoms with Gasteiger partial charge in [-0.15, -0.1) is 0 Å². The van der Waals surface area contributed by atoms with Crippen molar-refractivity contribution in [2.45, 2.75) is 6.18 Å². The maximum atomic E-state index is 12.4. The van der Waals surface area contributed by atoms with Crippen LogP contribution in [0.4, 0.5) is 13.2 Å². The summed E-state index contributed by atoms with van der Waals surface area (Å²) >= 11 is 9.27. The van der Waals surface area contributed by atoms with Crippen molar-refractivity contribution in [1.82, 2.24) is 0 Å². The zero-order chi connectivity index (χ0) is 12.3. The molecule has 0 spiro atoms. The van der Waals surface area contributed by atoms with E-state index in [9.17, 15) is 13.2 Å². The fourth-order valence-electron chi connectivity index (χ4n) is 1.00. The van der Waals surface area contributed by atoms with Crippen molar-refractivity contribution in [3.05, 3.63) is 26.6 Å². The van der Waals surface area contributed by atoms with Crippen molar-refractivity contribution in [3.63, 3.8) is 0 Å². The van der Waals surface area contributed by atoms with Crippen molar-refractivity contribution in [3.8, 4) is 5.75 Å². The Labute approximate surface area is 116 Å². The highest BCUT2D eigenvalue weighted by Crippen LogP contribution is 2.40. The summed E-state index contributed by atoms with van der Waals surface area (Å²) in [5.74, 6) is 0.368. The molecule has 0 bridgehead atoms. The first-order valence-corrected chi connectivity index (χ1v) is 6.82. The van der Waals surface area contributed by atoms with Gasteiger partial charge in [0.05, 0.1) is 21.1 Å². The fourth-order valence-corrected chi connectivity index (χ4v) is 2.58. The van der Waals surface area contributed by atoms with E-state index in [2.05, 4.69) is 47.8 Å². The van der Waals surface area contributed by atoms with Crippen molar-refractivity contribution < 1.29 is 17.9 Å². The average Bonchev–Trinajstić information content (AvgIpc) is 2.15. The fraction of sp³-hybridized carbons (Fsp3) is 0.333. The standard InChI is InChI=1S/C9H6Br3F3O/c10-1-2-16-8-6(11)3-5(4-7(8)12)9(13,14)15/h3-4H,1-2H2. The van der Waals surface area contributed by atoms with Gasteiger partial charge in [-0.25, -0.2) is 0 Å². The molecule has 1 rings (SSSR count). The molecule has 0 aromatic heterocycles. The van der Waals surface area contributed by atoms with Gasteiger partial charge < -0.3 is 4.74 Å². The molecule has 7 heteroatoms. The molecule has 0 atom stereocenters. The van der Waals surface area contributed by atoms with E-state index in [1.54, 1.807) is 0 Å². The van der Waals surface area contributed by atoms with Crippen LogP contribution in [-0.2, 0) is 6.18 Å². The Morgan fingerprint density at radius 3 is 2.00 bits per heavy atom. The van der Waals surface area contributed by atoms with E-state index in [1.165, 1.54) is 0 Å². The Morgan fingerprint density at radius 1 is 1.12 bits per heavy atom. The largest absolute Gasteiger partial charge is 0.490 e. The predicted molar refractivity (Wildman–Crippen MR) is 66.1 cm³/mol. The van der Waals surface area contributed by atoms with E-state index in [4.69, 9.17) is 4.74 Å². The Balaban J connectivity index is 3.08. The second kappa shape index (κ2) is 5.73. The summed E-state index contributed by atoms with van der Waals surface area (Å²) in [6, 6.07) is 1.99. The molecule has 0 fully saturated rings. The van der Waals surface area contributed by atoms with Crippen LogP contribution < -0.4 is 4.74 Å². The Kier molecular flexibility index (Phi) is 5.12. The molecule has 1 aromatic carbocycles. The topological polar surface area (TPSA) is 9.23 Å². The first-order chi connectivity index (χ1) is 7.36. The summed E-state index contributed by atoms with van der Waals surface area (Å²) < 4.78 is 43.1. The lowest BCUT2D eigenvalue weighted by atomic mass is 10.2. The maximum absolute atomic E-state index is 12.4. The molecule has 0 radical (unpaired) electrons. The van der Waals surface area contributed by atoms with Gasteiger partial charge >= 0.3 is 6.18 Å². The lowest BCUT2D eigenvalue weighted by Crippen LogP contribution is -2.06. The number of rotatable bonds is 3. The summed E-state index contributed by atoms with van der Waals surface area (Å²) in [5.41, 5.74) is -0.725. The summed E-state index contributed by atoms with van der Waals surface area (Å²) in [4.78, 5) is 0. The van der Waals surface area contributed by atoms with Gasteiger partial charge in [0.15, 0.2) is 0 Å². The van der Waals surface area contributed by atoms with Gasteiger partial charge in [0.25, 0.3) is 0 Å². The normalized spacial score (nSPS) is 11.6. The van der Waals surface area contributed by atoms with E-state index >= 15 is 0 Å². The van der Waals surface area contributed by atoms with Crippen molar-refractivity contribution in [1.29, 1.82) is 0 Å². The number of hydrogen-bond acceptors (Lipinski definition) is 1. The third-order valence-corrected chi connectivity index (χ3v) is 3.15. The summed E-state index contributed by atoms with van der Waals surface area (Å²) in [6.45, 7) is 0.378. The Hall–Kier alpha value is 0.250. The number of benzene rings is 1. The molecule has 0 heterocycles. The van der Waals surface area contributed by atoms with Gasteiger partial charge in [-0.3, -0.25) is 0 Å². The van der Waals surface area contributed by atoms with Gasteiger partial charge in [-0.1, -0.05) is 15.9 Å². The molecule has 90 valence electrons. The highest BCUT2D eigenvalue weighted by atomic mass is 79.9. The lowest BCUT2D eigenvalue weighted by molar-refractivity contribution is -0.137. The zero-order valence-corrected chi connectivity index (χ0v) is 12.5. The van der Waals surface area contributed by atoms with Gasteiger partial charge in [0.2, 0.25) is 0 Å². The van der Waals surface area contributed by atoms with Gasteiger partial charge in [0, 0.05) is 5.33 Å². The van der Waals surface area contributed by atoms with Crippen LogP contribution in [0.2, 0.25) is 0 Å². The van der Waals surface area contributed by atoms with Crippen molar-refractivity contribution >= 4 is 47.8 Å². The van der Waals surface area contributed by atoms with Gasteiger partial charge in [0.1, 0.15) is 5.75 Å². The molecule has 0 aliphatic rings. The molecule has 0 saturated carbocycles. The van der Waals surface area contributed by atoms with Gasteiger partial charge in [-0.05, 0) is 44.0 Å². The Bertz CT molecular complexity index is 356. The van der Waals surface area contributed by atoms with E-state index in [-0.39, 0.29) is 8.95 Å². The summed E-state index contributed by atoms with van der Waals surface area (Å²) in [5, 5.41) is 0.604. The molecule has 1 aromatic rings. The molecule has 16 heavy (non-hydrogen) atoms. The van der Waals surface area contributed by atoms with Gasteiger partial charge in [-0.2, -0.15) is 13.2 Å². The van der Waals surface area contributed by atoms with Crippen LogP contribution in [0, 0.1) is 0 Å². The second-order valence-electron chi connectivity index (χ2n) is 2.80. The quantitative estimate of drug-likeness (QED) is 0.618. The minimum atomic E-state index is -4.36. The predicted octanol–water partition coefficient (Wildman–Crippen LogP) is 5.00. The second-order valence-corrected chi connectivity index (χ2v) is 5.31. The summed E-state index contributed by atoms with van der Waals surface area (Å²) in [7, 11) is 0. The van der Waals surface area contributed by atoms with Crippen LogP contribution in [0.15, 0.2) is 21.1 Å². The lowest BCUT2D eigenvalue weighted by Gasteiger charge is -2.13. The molecule has 0 aliphatic carbocycles. The van der Waals surface area contributed by atoms with Crippen LogP contribution in [0.3, 0.4) is 0 Å². The molecule has 0 unspecified atom stereocenters. The number of hydrogen-bond donors (Lipinski definition) is 0. The molecule has 0 amide bonds. The third kappa shape index (κ3) is 3.63. The number of halogens is 6.